The maximum atomic E-state index is 13.6. The molecule has 0 aliphatic heterocycles. The summed E-state index contributed by atoms with van der Waals surface area (Å²) >= 11 is 0. The van der Waals surface area contributed by atoms with E-state index in [0.29, 0.717) is 34.0 Å². The Bertz CT molecular complexity index is 1420. The number of para-hydroxylation sites is 2. The molecular weight excluding hydrogens is 404 g/mol. The summed E-state index contributed by atoms with van der Waals surface area (Å²) in [5, 5.41) is 12.1. The molecule has 1 N–H and O–H groups in total. The lowest BCUT2D eigenvalue weighted by Crippen LogP contribution is -2.15. The topological polar surface area (TPSA) is 98.7 Å². The van der Waals surface area contributed by atoms with E-state index in [9.17, 15) is 4.79 Å². The minimum absolute atomic E-state index is 0.257. The molecule has 32 heavy (non-hydrogen) atoms. The van der Waals surface area contributed by atoms with Crippen LogP contribution in [0.15, 0.2) is 77.8 Å². The maximum Gasteiger partial charge on any atom is 0.259 e. The SMILES string of the molecule is O=C(Nc1ccccc1-n1cncn1)c1cc(C2CC2)nc2onc(-c3ccccc3)c12. The Balaban J connectivity index is 1.47. The predicted molar refractivity (Wildman–Crippen MR) is 119 cm³/mol. The van der Waals surface area contributed by atoms with Gasteiger partial charge in [-0.25, -0.2) is 14.6 Å². The summed E-state index contributed by atoms with van der Waals surface area (Å²) in [7, 11) is 0. The molecule has 1 fully saturated rings. The summed E-state index contributed by atoms with van der Waals surface area (Å²) < 4.78 is 7.20. The number of carbonyl (C=O) groups excluding carboxylic acids is 1. The van der Waals surface area contributed by atoms with Gasteiger partial charge in [-0.15, -0.1) is 0 Å². The number of pyridine rings is 1. The van der Waals surface area contributed by atoms with Gasteiger partial charge in [0, 0.05) is 17.2 Å². The van der Waals surface area contributed by atoms with Gasteiger partial charge in [0.15, 0.2) is 0 Å². The normalized spacial score (nSPS) is 13.4. The van der Waals surface area contributed by atoms with Crippen molar-refractivity contribution in [1.29, 1.82) is 0 Å². The molecule has 0 radical (unpaired) electrons. The molecule has 1 amide bonds. The molecule has 0 spiro atoms. The predicted octanol–water partition coefficient (Wildman–Crippen LogP) is 4.60. The summed E-state index contributed by atoms with van der Waals surface area (Å²) in [5.74, 6) is 0.103. The van der Waals surface area contributed by atoms with Gasteiger partial charge in [0.2, 0.25) is 0 Å². The van der Waals surface area contributed by atoms with Gasteiger partial charge in [-0.3, -0.25) is 4.79 Å². The number of rotatable bonds is 5. The zero-order chi connectivity index (χ0) is 21.5. The van der Waals surface area contributed by atoms with Gasteiger partial charge in [-0.2, -0.15) is 5.10 Å². The molecule has 1 aliphatic carbocycles. The van der Waals surface area contributed by atoms with Crippen molar-refractivity contribution >= 4 is 22.7 Å². The number of aromatic nitrogens is 5. The third-order valence-electron chi connectivity index (χ3n) is 5.57. The van der Waals surface area contributed by atoms with E-state index in [1.165, 1.54) is 6.33 Å². The van der Waals surface area contributed by atoms with Crippen LogP contribution in [0.4, 0.5) is 5.69 Å². The third-order valence-corrected chi connectivity index (χ3v) is 5.57. The molecule has 3 aromatic heterocycles. The molecule has 0 atom stereocenters. The second-order valence-corrected chi connectivity index (χ2v) is 7.76. The zero-order valence-electron chi connectivity index (χ0n) is 17.0. The highest BCUT2D eigenvalue weighted by molar-refractivity contribution is 6.15. The fourth-order valence-corrected chi connectivity index (χ4v) is 3.83. The number of nitrogens with one attached hydrogen (secondary N) is 1. The van der Waals surface area contributed by atoms with Crippen LogP contribution in [0.1, 0.15) is 34.8 Å². The molecule has 1 aliphatic rings. The number of benzene rings is 2. The van der Waals surface area contributed by atoms with Crippen LogP contribution in [0.5, 0.6) is 0 Å². The van der Waals surface area contributed by atoms with E-state index in [-0.39, 0.29) is 5.91 Å². The molecule has 0 bridgehead atoms. The highest BCUT2D eigenvalue weighted by Gasteiger charge is 2.29. The van der Waals surface area contributed by atoms with Crippen LogP contribution >= 0.6 is 0 Å². The van der Waals surface area contributed by atoms with Gasteiger partial charge in [0.25, 0.3) is 11.6 Å². The Morgan fingerprint density at radius 1 is 1.06 bits per heavy atom. The van der Waals surface area contributed by atoms with Gasteiger partial charge in [-0.1, -0.05) is 47.6 Å². The van der Waals surface area contributed by atoms with E-state index in [4.69, 9.17) is 4.52 Å². The summed E-state index contributed by atoms with van der Waals surface area (Å²) in [6.07, 6.45) is 5.17. The van der Waals surface area contributed by atoms with Crippen molar-refractivity contribution in [2.45, 2.75) is 18.8 Å². The lowest BCUT2D eigenvalue weighted by atomic mass is 10.0. The van der Waals surface area contributed by atoms with Gasteiger partial charge < -0.3 is 9.84 Å². The Labute approximate surface area is 182 Å². The first kappa shape index (κ1) is 18.4. The van der Waals surface area contributed by atoms with Gasteiger partial charge in [0.05, 0.1) is 22.3 Å². The molecule has 156 valence electrons. The van der Waals surface area contributed by atoms with E-state index in [1.807, 2.05) is 60.7 Å². The summed E-state index contributed by atoms with van der Waals surface area (Å²) in [6.45, 7) is 0. The van der Waals surface area contributed by atoms with E-state index in [1.54, 1.807) is 11.0 Å². The van der Waals surface area contributed by atoms with E-state index in [2.05, 4.69) is 25.5 Å². The standard InChI is InChI=1S/C24H18N6O2/c31-23(27-18-8-4-5-9-20(18)30-14-25-13-26-30)17-12-19(15-10-11-15)28-24-21(17)22(29-32-24)16-6-2-1-3-7-16/h1-9,12-15H,10-11H2,(H,27,31). The molecule has 1 saturated carbocycles. The monoisotopic (exact) mass is 422 g/mol. The van der Waals surface area contributed by atoms with Gasteiger partial charge in [-0.05, 0) is 31.0 Å². The van der Waals surface area contributed by atoms with Crippen molar-refractivity contribution in [2.75, 3.05) is 5.32 Å². The highest BCUT2D eigenvalue weighted by Crippen LogP contribution is 2.41. The maximum absolute atomic E-state index is 13.6. The van der Waals surface area contributed by atoms with Crippen LogP contribution in [-0.2, 0) is 0 Å². The number of hydrogen-bond acceptors (Lipinski definition) is 6. The molecule has 8 heteroatoms. The van der Waals surface area contributed by atoms with Crippen molar-refractivity contribution in [3.63, 3.8) is 0 Å². The van der Waals surface area contributed by atoms with Crippen LogP contribution in [0.25, 0.3) is 28.0 Å². The van der Waals surface area contributed by atoms with Crippen LogP contribution < -0.4 is 5.32 Å². The fraction of sp³-hybridized carbons (Fsp3) is 0.125. The number of nitrogens with zero attached hydrogens (tertiary/aromatic N) is 5. The van der Waals surface area contributed by atoms with E-state index >= 15 is 0 Å². The lowest BCUT2D eigenvalue weighted by Gasteiger charge is -2.12. The minimum Gasteiger partial charge on any atom is -0.335 e. The van der Waals surface area contributed by atoms with Gasteiger partial charge >= 0.3 is 0 Å². The Morgan fingerprint density at radius 2 is 1.88 bits per heavy atom. The number of fused-ring (bicyclic) bond motifs is 1. The smallest absolute Gasteiger partial charge is 0.259 e. The van der Waals surface area contributed by atoms with Crippen molar-refractivity contribution in [2.24, 2.45) is 0 Å². The minimum atomic E-state index is -0.257. The largest absolute Gasteiger partial charge is 0.335 e. The number of hydrogen-bond donors (Lipinski definition) is 1. The summed E-state index contributed by atoms with van der Waals surface area (Å²) in [5.41, 5.74) is 4.55. The van der Waals surface area contributed by atoms with Crippen molar-refractivity contribution in [3.05, 3.63) is 84.6 Å². The van der Waals surface area contributed by atoms with Crippen LogP contribution in [0, 0.1) is 0 Å². The summed E-state index contributed by atoms with van der Waals surface area (Å²) in [6, 6.07) is 19.0. The third kappa shape index (κ3) is 3.22. The number of anilines is 1. The first-order valence-electron chi connectivity index (χ1n) is 10.4. The highest BCUT2D eigenvalue weighted by atomic mass is 16.5. The zero-order valence-corrected chi connectivity index (χ0v) is 17.0. The van der Waals surface area contributed by atoms with Gasteiger partial charge in [0.1, 0.15) is 18.3 Å². The van der Waals surface area contributed by atoms with Crippen molar-refractivity contribution < 1.29 is 9.32 Å². The Morgan fingerprint density at radius 3 is 2.66 bits per heavy atom. The first-order chi connectivity index (χ1) is 15.8. The quantitative estimate of drug-likeness (QED) is 0.444. The molecule has 3 heterocycles. The molecule has 0 unspecified atom stereocenters. The lowest BCUT2D eigenvalue weighted by molar-refractivity contribution is 0.102. The van der Waals surface area contributed by atoms with Crippen LogP contribution in [0.2, 0.25) is 0 Å². The first-order valence-corrected chi connectivity index (χ1v) is 10.4. The molecule has 5 aromatic rings. The summed E-state index contributed by atoms with van der Waals surface area (Å²) in [4.78, 5) is 22.2. The van der Waals surface area contributed by atoms with E-state index < -0.39 is 0 Å². The number of carbonyl (C=O) groups is 1. The second kappa shape index (κ2) is 7.42. The van der Waals surface area contributed by atoms with Crippen LogP contribution in [0.3, 0.4) is 0 Å². The van der Waals surface area contributed by atoms with E-state index in [0.717, 1.165) is 29.8 Å². The average Bonchev–Trinajstić information content (AvgIpc) is 3.37. The Hall–Kier alpha value is -4.33. The Kier molecular flexibility index (Phi) is 4.28. The second-order valence-electron chi connectivity index (χ2n) is 7.76. The molecule has 8 nitrogen and oxygen atoms in total. The average molecular weight is 422 g/mol. The molecule has 6 rings (SSSR count). The van der Waals surface area contributed by atoms with Crippen molar-refractivity contribution in [3.8, 4) is 16.9 Å². The molecule has 2 aromatic carbocycles. The fourth-order valence-electron chi connectivity index (χ4n) is 3.83. The molecule has 0 saturated heterocycles. The number of amides is 1. The van der Waals surface area contributed by atoms with Crippen LogP contribution in [-0.4, -0.2) is 30.8 Å². The van der Waals surface area contributed by atoms with Crippen molar-refractivity contribution in [1.82, 2.24) is 24.9 Å². The molecular formula is C24H18N6O2.